The van der Waals surface area contributed by atoms with E-state index in [1.54, 1.807) is 0 Å². The number of aromatic carboxylic acids is 1. The Labute approximate surface area is 85.3 Å². The summed E-state index contributed by atoms with van der Waals surface area (Å²) in [5.41, 5.74) is 4.86. The van der Waals surface area contributed by atoms with Gasteiger partial charge in [-0.3, -0.25) is 4.79 Å². The number of primary amides is 1. The number of hydrogen-bond acceptors (Lipinski definition) is 5. The van der Waals surface area contributed by atoms with Crippen LogP contribution in [0.2, 0.25) is 0 Å². The number of carbonyl (C=O) groups excluding carboxylic acids is 1. The molecule has 1 rings (SSSR count). The van der Waals surface area contributed by atoms with Crippen LogP contribution >= 0.6 is 0 Å². The van der Waals surface area contributed by atoms with E-state index in [9.17, 15) is 9.59 Å². The largest absolute Gasteiger partial charge is 0.477 e. The number of carboxylic acids is 1. The molecule has 15 heavy (non-hydrogen) atoms. The van der Waals surface area contributed by atoms with E-state index in [0.717, 1.165) is 0 Å². The maximum absolute atomic E-state index is 10.7. The summed E-state index contributed by atoms with van der Waals surface area (Å²) in [6, 6.07) is 0.594. The summed E-state index contributed by atoms with van der Waals surface area (Å²) in [5, 5.41) is 11.2. The van der Waals surface area contributed by atoms with Crippen molar-refractivity contribution in [1.29, 1.82) is 0 Å². The molecule has 0 fully saturated rings. The highest BCUT2D eigenvalue weighted by Gasteiger charge is 2.11. The molecule has 1 aromatic rings. The van der Waals surface area contributed by atoms with Crippen molar-refractivity contribution in [1.82, 2.24) is 9.97 Å². The average Bonchev–Trinajstić information content (AvgIpc) is 2.18. The van der Waals surface area contributed by atoms with E-state index in [1.807, 2.05) is 0 Å². The lowest BCUT2D eigenvalue weighted by Crippen LogP contribution is -2.33. The Morgan fingerprint density at radius 1 is 1.60 bits per heavy atom. The van der Waals surface area contributed by atoms with E-state index < -0.39 is 17.9 Å². The molecule has 0 aliphatic heterocycles. The lowest BCUT2D eigenvalue weighted by Gasteiger charge is -2.09. The number of rotatable bonds is 4. The van der Waals surface area contributed by atoms with Gasteiger partial charge in [0.1, 0.15) is 6.04 Å². The van der Waals surface area contributed by atoms with Crippen LogP contribution in [0, 0.1) is 0 Å². The van der Waals surface area contributed by atoms with E-state index in [0.29, 0.717) is 0 Å². The van der Waals surface area contributed by atoms with Crippen molar-refractivity contribution in [3.63, 3.8) is 0 Å². The Morgan fingerprint density at radius 2 is 2.27 bits per heavy atom. The SMILES string of the molecule is C[C@@H](Nc1nccc(C(=O)O)n1)C(N)=O. The Bertz CT molecular complexity index is 393. The molecule has 0 aromatic carbocycles. The molecule has 1 atom stereocenters. The third-order valence-corrected chi connectivity index (χ3v) is 1.65. The van der Waals surface area contributed by atoms with Crippen LogP contribution in [0.1, 0.15) is 17.4 Å². The summed E-state index contributed by atoms with van der Waals surface area (Å²) >= 11 is 0. The molecular formula is C8H10N4O3. The Hall–Kier alpha value is -2.18. The molecule has 0 unspecified atom stereocenters. The topological polar surface area (TPSA) is 118 Å². The Morgan fingerprint density at radius 3 is 2.80 bits per heavy atom. The maximum Gasteiger partial charge on any atom is 0.354 e. The first-order chi connectivity index (χ1) is 7.00. The third-order valence-electron chi connectivity index (χ3n) is 1.65. The van der Waals surface area contributed by atoms with Crippen molar-refractivity contribution in [2.24, 2.45) is 5.73 Å². The van der Waals surface area contributed by atoms with Gasteiger partial charge in [0.2, 0.25) is 11.9 Å². The van der Waals surface area contributed by atoms with E-state index in [2.05, 4.69) is 15.3 Å². The summed E-state index contributed by atoms with van der Waals surface area (Å²) < 4.78 is 0. The number of carboxylic acid groups (broad SMARTS) is 1. The molecule has 80 valence electrons. The number of nitrogens with two attached hydrogens (primary N) is 1. The second kappa shape index (κ2) is 4.36. The highest BCUT2D eigenvalue weighted by molar-refractivity contribution is 5.85. The van der Waals surface area contributed by atoms with Crippen molar-refractivity contribution in [3.8, 4) is 0 Å². The fraction of sp³-hybridized carbons (Fsp3) is 0.250. The normalized spacial score (nSPS) is 11.8. The maximum atomic E-state index is 10.7. The van der Waals surface area contributed by atoms with Crippen molar-refractivity contribution in [3.05, 3.63) is 18.0 Å². The smallest absolute Gasteiger partial charge is 0.354 e. The van der Waals surface area contributed by atoms with Gasteiger partial charge in [-0.15, -0.1) is 0 Å². The molecule has 1 aromatic heterocycles. The quantitative estimate of drug-likeness (QED) is 0.614. The zero-order chi connectivity index (χ0) is 11.4. The van der Waals surface area contributed by atoms with Crippen molar-refractivity contribution < 1.29 is 14.7 Å². The first kappa shape index (κ1) is 10.9. The second-order valence-electron chi connectivity index (χ2n) is 2.84. The lowest BCUT2D eigenvalue weighted by atomic mass is 10.3. The van der Waals surface area contributed by atoms with E-state index in [-0.39, 0.29) is 11.6 Å². The predicted octanol–water partition coefficient (Wildman–Crippen LogP) is -0.540. The summed E-state index contributed by atoms with van der Waals surface area (Å²) in [6.45, 7) is 1.53. The van der Waals surface area contributed by atoms with Gasteiger partial charge in [-0.25, -0.2) is 14.8 Å². The van der Waals surface area contributed by atoms with E-state index in [1.165, 1.54) is 19.2 Å². The molecule has 0 saturated heterocycles. The second-order valence-corrected chi connectivity index (χ2v) is 2.84. The number of nitrogens with one attached hydrogen (secondary N) is 1. The molecule has 7 nitrogen and oxygen atoms in total. The van der Waals surface area contributed by atoms with E-state index >= 15 is 0 Å². The Balaban J connectivity index is 2.82. The summed E-state index contributed by atoms with van der Waals surface area (Å²) in [4.78, 5) is 28.7. The summed E-state index contributed by atoms with van der Waals surface area (Å²) in [7, 11) is 0. The van der Waals surface area contributed by atoms with Crippen LogP contribution in [0.3, 0.4) is 0 Å². The van der Waals surface area contributed by atoms with Gasteiger partial charge in [0.05, 0.1) is 0 Å². The van der Waals surface area contributed by atoms with Crippen LogP contribution in [0.4, 0.5) is 5.95 Å². The minimum atomic E-state index is -1.16. The molecule has 0 saturated carbocycles. The van der Waals surface area contributed by atoms with Gasteiger partial charge in [0, 0.05) is 6.20 Å². The standard InChI is InChI=1S/C8H10N4O3/c1-4(6(9)13)11-8-10-3-2-5(12-8)7(14)15/h2-4H,1H3,(H2,9,13)(H,14,15)(H,10,11,12)/t4-/m1/s1. The van der Waals surface area contributed by atoms with Gasteiger partial charge < -0.3 is 16.2 Å². The molecule has 7 heteroatoms. The minimum Gasteiger partial charge on any atom is -0.477 e. The van der Waals surface area contributed by atoms with Crippen LogP contribution in [-0.2, 0) is 4.79 Å². The molecule has 0 aliphatic carbocycles. The van der Waals surface area contributed by atoms with Gasteiger partial charge in [-0.2, -0.15) is 0 Å². The number of amides is 1. The van der Waals surface area contributed by atoms with Gasteiger partial charge in [-0.05, 0) is 13.0 Å². The molecule has 0 spiro atoms. The van der Waals surface area contributed by atoms with Crippen molar-refractivity contribution in [2.45, 2.75) is 13.0 Å². The molecule has 1 amide bonds. The van der Waals surface area contributed by atoms with Crippen LogP contribution in [0.15, 0.2) is 12.3 Å². The lowest BCUT2D eigenvalue weighted by molar-refractivity contribution is -0.118. The van der Waals surface area contributed by atoms with Crippen LogP contribution in [-0.4, -0.2) is 33.0 Å². The number of carbonyl (C=O) groups is 2. The Kier molecular flexibility index (Phi) is 3.17. The highest BCUT2D eigenvalue weighted by Crippen LogP contribution is 2.02. The molecule has 0 radical (unpaired) electrons. The first-order valence-corrected chi connectivity index (χ1v) is 4.13. The van der Waals surface area contributed by atoms with Crippen LogP contribution in [0.25, 0.3) is 0 Å². The number of hydrogen-bond donors (Lipinski definition) is 3. The molecule has 1 heterocycles. The predicted molar refractivity (Wildman–Crippen MR) is 51.3 cm³/mol. The van der Waals surface area contributed by atoms with Gasteiger partial charge >= 0.3 is 5.97 Å². The molecule has 4 N–H and O–H groups in total. The minimum absolute atomic E-state index is 0.0567. The van der Waals surface area contributed by atoms with Gasteiger partial charge in [-0.1, -0.05) is 0 Å². The number of aromatic nitrogens is 2. The van der Waals surface area contributed by atoms with Crippen LogP contribution in [0.5, 0.6) is 0 Å². The van der Waals surface area contributed by atoms with Gasteiger partial charge in [0.15, 0.2) is 5.69 Å². The van der Waals surface area contributed by atoms with E-state index in [4.69, 9.17) is 10.8 Å². The summed E-state index contributed by atoms with van der Waals surface area (Å²) in [5.74, 6) is -1.67. The zero-order valence-corrected chi connectivity index (χ0v) is 7.97. The molecular weight excluding hydrogens is 200 g/mol. The van der Waals surface area contributed by atoms with Crippen molar-refractivity contribution >= 4 is 17.8 Å². The zero-order valence-electron chi connectivity index (χ0n) is 7.97. The fourth-order valence-corrected chi connectivity index (χ4v) is 0.812. The number of anilines is 1. The number of nitrogens with zero attached hydrogens (tertiary/aromatic N) is 2. The van der Waals surface area contributed by atoms with Crippen molar-refractivity contribution in [2.75, 3.05) is 5.32 Å². The monoisotopic (exact) mass is 210 g/mol. The van der Waals surface area contributed by atoms with Gasteiger partial charge in [0.25, 0.3) is 0 Å². The third kappa shape index (κ3) is 2.90. The summed E-state index contributed by atoms with van der Waals surface area (Å²) in [6.07, 6.45) is 1.28. The van der Waals surface area contributed by atoms with Crippen LogP contribution < -0.4 is 11.1 Å². The first-order valence-electron chi connectivity index (χ1n) is 4.13. The average molecular weight is 210 g/mol. The fourth-order valence-electron chi connectivity index (χ4n) is 0.812. The molecule has 0 bridgehead atoms. The highest BCUT2D eigenvalue weighted by atomic mass is 16.4. The molecule has 0 aliphatic rings.